The van der Waals surface area contributed by atoms with Gasteiger partial charge in [-0.25, -0.2) is 9.61 Å². The zero-order valence-electron chi connectivity index (χ0n) is 18.4. The van der Waals surface area contributed by atoms with Crippen LogP contribution in [0, 0.1) is 10.1 Å². The summed E-state index contributed by atoms with van der Waals surface area (Å²) in [4.78, 5) is 19.2. The van der Waals surface area contributed by atoms with Crippen LogP contribution in [0.2, 0.25) is 5.02 Å². The van der Waals surface area contributed by atoms with E-state index in [0.29, 0.717) is 39.4 Å². The number of nitro groups is 1. The number of rotatable bonds is 8. The highest BCUT2D eigenvalue weighted by atomic mass is 35.5. The van der Waals surface area contributed by atoms with E-state index >= 15 is 0 Å². The Labute approximate surface area is 206 Å². The maximum atomic E-state index is 11.0. The second kappa shape index (κ2) is 9.68. The van der Waals surface area contributed by atoms with Gasteiger partial charge in [-0.05, 0) is 52.8 Å². The van der Waals surface area contributed by atoms with Crippen LogP contribution in [-0.2, 0) is 0 Å². The van der Waals surface area contributed by atoms with Gasteiger partial charge in [0.2, 0.25) is 11.3 Å². The molecule has 0 radical (unpaired) electrons. The lowest BCUT2D eigenvalue weighted by atomic mass is 10.1. The van der Waals surface area contributed by atoms with Crippen molar-refractivity contribution in [3.63, 3.8) is 0 Å². The zero-order chi connectivity index (χ0) is 25.1. The Bertz CT molecular complexity index is 1580. The topological polar surface area (TPSA) is 167 Å². The summed E-state index contributed by atoms with van der Waals surface area (Å²) < 4.78 is 15.8. The average molecular weight is 507 g/mol. The summed E-state index contributed by atoms with van der Waals surface area (Å²) in [5.74, 6) is 1.75. The van der Waals surface area contributed by atoms with Crippen molar-refractivity contribution < 1.29 is 18.7 Å². The number of non-ortho nitro benzene ring substituents is 1. The normalized spacial score (nSPS) is 11.2. The largest absolute Gasteiger partial charge is 0.496 e. The van der Waals surface area contributed by atoms with E-state index in [2.05, 4.69) is 36.1 Å². The van der Waals surface area contributed by atoms with Crippen molar-refractivity contribution in [2.75, 3.05) is 17.9 Å². The first kappa shape index (κ1) is 22.7. The molecule has 14 heteroatoms. The first-order valence-electron chi connectivity index (χ1n) is 10.2. The molecule has 0 spiro atoms. The van der Waals surface area contributed by atoms with Gasteiger partial charge in [0.15, 0.2) is 11.6 Å². The summed E-state index contributed by atoms with van der Waals surface area (Å²) in [6, 6.07) is 14.7. The van der Waals surface area contributed by atoms with Gasteiger partial charge in [0.1, 0.15) is 17.3 Å². The van der Waals surface area contributed by atoms with Gasteiger partial charge in [0, 0.05) is 16.8 Å². The van der Waals surface area contributed by atoms with Crippen LogP contribution >= 0.6 is 11.6 Å². The van der Waals surface area contributed by atoms with Crippen molar-refractivity contribution in [1.82, 2.24) is 20.3 Å². The molecular weight excluding hydrogens is 492 g/mol. The maximum absolute atomic E-state index is 11.0. The smallest absolute Gasteiger partial charge is 0.273 e. The number of hydrogen-bond donors (Lipinski definition) is 2. The summed E-state index contributed by atoms with van der Waals surface area (Å²) in [5.41, 5.74) is 4.40. The minimum Gasteiger partial charge on any atom is -0.496 e. The number of nitrogens with zero attached hydrogens (tertiary/aromatic N) is 6. The van der Waals surface area contributed by atoms with E-state index in [4.69, 9.17) is 25.4 Å². The fourth-order valence-corrected chi connectivity index (χ4v) is 3.32. The van der Waals surface area contributed by atoms with Crippen LogP contribution in [0.3, 0.4) is 0 Å². The number of methoxy groups -OCH3 is 1. The van der Waals surface area contributed by atoms with Crippen molar-refractivity contribution in [3.05, 3.63) is 75.5 Å². The van der Waals surface area contributed by atoms with Crippen molar-refractivity contribution >= 4 is 52.1 Å². The molecule has 2 N–H and O–H groups in total. The fourth-order valence-electron chi connectivity index (χ4n) is 3.19. The number of nitro benzene ring substituents is 1. The number of aromatic nitrogens is 4. The van der Waals surface area contributed by atoms with Crippen LogP contribution in [0.1, 0.15) is 5.76 Å². The van der Waals surface area contributed by atoms with Crippen molar-refractivity contribution in [1.29, 1.82) is 0 Å². The molecule has 0 saturated carbocycles. The van der Waals surface area contributed by atoms with E-state index in [1.54, 1.807) is 42.5 Å². The summed E-state index contributed by atoms with van der Waals surface area (Å²) in [6.07, 6.45) is 1.43. The molecule has 3 aromatic heterocycles. The molecule has 0 aliphatic heterocycles. The number of furan rings is 1. The molecule has 36 heavy (non-hydrogen) atoms. The lowest BCUT2D eigenvalue weighted by Gasteiger charge is -2.09. The van der Waals surface area contributed by atoms with Gasteiger partial charge in [-0.15, -0.1) is 0 Å². The second-order valence-corrected chi connectivity index (χ2v) is 7.61. The summed E-state index contributed by atoms with van der Waals surface area (Å²) in [5, 5.41) is 26.3. The average Bonchev–Trinajstić information content (AvgIpc) is 3.54. The number of nitrogens with one attached hydrogen (secondary N) is 2. The van der Waals surface area contributed by atoms with Crippen LogP contribution in [0.5, 0.6) is 5.75 Å². The lowest BCUT2D eigenvalue weighted by Crippen LogP contribution is -2.03. The molecule has 0 atom stereocenters. The Balaban J connectivity index is 1.37. The molecule has 180 valence electrons. The second-order valence-electron chi connectivity index (χ2n) is 7.18. The number of anilines is 3. The first-order chi connectivity index (χ1) is 17.5. The molecule has 3 heterocycles. The van der Waals surface area contributed by atoms with E-state index in [-0.39, 0.29) is 22.8 Å². The van der Waals surface area contributed by atoms with Gasteiger partial charge >= 0.3 is 0 Å². The van der Waals surface area contributed by atoms with E-state index in [1.165, 1.54) is 25.5 Å². The molecule has 0 bridgehead atoms. The number of fused-ring (bicyclic) bond motifs is 1. The molecule has 0 saturated heterocycles. The maximum Gasteiger partial charge on any atom is 0.273 e. The molecule has 0 aliphatic rings. The fraction of sp³-hybridized carbons (Fsp3) is 0.0455. The number of ether oxygens (including phenoxy) is 1. The van der Waals surface area contributed by atoms with Crippen molar-refractivity contribution in [2.24, 2.45) is 5.10 Å². The predicted octanol–water partition coefficient (Wildman–Crippen LogP) is 5.03. The molecule has 0 amide bonds. The Morgan fingerprint density at radius 3 is 2.53 bits per heavy atom. The monoisotopic (exact) mass is 506 g/mol. The van der Waals surface area contributed by atoms with Gasteiger partial charge in [0.25, 0.3) is 5.69 Å². The first-order valence-corrected chi connectivity index (χ1v) is 10.6. The Hall–Kier alpha value is -5.04. The standard InChI is InChI=1S/C22H15ClN8O5/c1-34-18-10-14(31(32)33)6-8-16(18)17-9-7-15(35-17)11-24-28-20-19(25-13-4-2-12(23)3-5-13)26-21-22(27-20)30-36-29-21/h2-11H,1H3,(H,25,26,29)(H,27,28,30)/b24-11+. The molecule has 5 rings (SSSR count). The molecule has 0 aliphatic carbocycles. The van der Waals surface area contributed by atoms with Gasteiger partial charge < -0.3 is 14.5 Å². The van der Waals surface area contributed by atoms with Crippen LogP contribution in [0.25, 0.3) is 22.6 Å². The highest BCUT2D eigenvalue weighted by Gasteiger charge is 2.16. The van der Waals surface area contributed by atoms with Gasteiger partial charge in [0.05, 0.1) is 29.9 Å². The SMILES string of the molecule is COc1cc([N+](=O)[O-])ccc1-c1ccc(/C=N/Nc2nc3nonc3nc2Nc2ccc(Cl)cc2)o1. The van der Waals surface area contributed by atoms with Crippen LogP contribution in [0.4, 0.5) is 23.0 Å². The minimum absolute atomic E-state index is 0.0865. The highest BCUT2D eigenvalue weighted by Crippen LogP contribution is 2.34. The van der Waals surface area contributed by atoms with E-state index < -0.39 is 4.92 Å². The van der Waals surface area contributed by atoms with Gasteiger partial charge in [-0.3, -0.25) is 15.5 Å². The Morgan fingerprint density at radius 2 is 1.81 bits per heavy atom. The molecular formula is C22H15ClN8O5. The molecule has 13 nitrogen and oxygen atoms in total. The number of halogens is 1. The third kappa shape index (κ3) is 4.76. The van der Waals surface area contributed by atoms with Gasteiger partial charge in [-0.2, -0.15) is 10.1 Å². The third-order valence-electron chi connectivity index (χ3n) is 4.87. The van der Waals surface area contributed by atoms with Gasteiger partial charge in [-0.1, -0.05) is 11.6 Å². The van der Waals surface area contributed by atoms with Crippen LogP contribution < -0.4 is 15.5 Å². The lowest BCUT2D eigenvalue weighted by molar-refractivity contribution is -0.384. The van der Waals surface area contributed by atoms with Crippen LogP contribution in [-0.4, -0.2) is 38.5 Å². The van der Waals surface area contributed by atoms with E-state index in [1.807, 2.05) is 0 Å². The molecule has 5 aromatic rings. The third-order valence-corrected chi connectivity index (χ3v) is 5.12. The van der Waals surface area contributed by atoms with Crippen LogP contribution in [0.15, 0.2) is 68.7 Å². The Morgan fingerprint density at radius 1 is 1.06 bits per heavy atom. The number of benzene rings is 2. The summed E-state index contributed by atoms with van der Waals surface area (Å²) in [6.45, 7) is 0. The minimum atomic E-state index is -0.496. The highest BCUT2D eigenvalue weighted by molar-refractivity contribution is 6.30. The molecule has 2 aromatic carbocycles. The number of hydrogen-bond acceptors (Lipinski definition) is 12. The number of hydrazone groups is 1. The van der Waals surface area contributed by atoms with Crippen molar-refractivity contribution in [2.45, 2.75) is 0 Å². The molecule has 0 unspecified atom stereocenters. The zero-order valence-corrected chi connectivity index (χ0v) is 19.1. The van der Waals surface area contributed by atoms with E-state index in [0.717, 1.165) is 0 Å². The quantitative estimate of drug-likeness (QED) is 0.164. The Kier molecular flexibility index (Phi) is 6.11. The predicted molar refractivity (Wildman–Crippen MR) is 131 cm³/mol. The summed E-state index contributed by atoms with van der Waals surface area (Å²) in [7, 11) is 1.43. The molecule has 0 fully saturated rings. The summed E-state index contributed by atoms with van der Waals surface area (Å²) >= 11 is 5.95. The van der Waals surface area contributed by atoms with Crippen molar-refractivity contribution in [3.8, 4) is 17.1 Å². The van der Waals surface area contributed by atoms with E-state index in [9.17, 15) is 10.1 Å².